The molecule has 0 amide bonds. The number of carbonyl (C=O) groups excluding carboxylic acids is 1. The summed E-state index contributed by atoms with van der Waals surface area (Å²) in [4.78, 5) is 31.8. The molecule has 0 spiro atoms. The number of fused-ring (bicyclic) bond motifs is 8. The summed E-state index contributed by atoms with van der Waals surface area (Å²) in [7, 11) is 0. The number of nitrogens with one attached hydrogen (secondary N) is 2. The van der Waals surface area contributed by atoms with Crippen molar-refractivity contribution in [2.45, 2.75) is 99.3 Å². The molecule has 3 aromatic rings. The Kier molecular flexibility index (Phi) is 7.22. The van der Waals surface area contributed by atoms with Crippen LogP contribution in [0.15, 0.2) is 23.8 Å². The predicted octanol–water partition coefficient (Wildman–Crippen LogP) is 8.81. The van der Waals surface area contributed by atoms with Gasteiger partial charge in [0.2, 0.25) is 0 Å². The van der Waals surface area contributed by atoms with Crippen LogP contribution >= 0.6 is 0 Å². The zero-order valence-corrected chi connectivity index (χ0v) is 27.1. The molecule has 2 aliphatic heterocycles. The van der Waals surface area contributed by atoms with Crippen molar-refractivity contribution in [3.8, 4) is 0 Å². The highest BCUT2D eigenvalue weighted by atomic mass is 16.5. The monoisotopic (exact) mass is 576 g/mol. The normalized spacial score (nSPS) is 19.3. The topological polar surface area (TPSA) is 83.7 Å². The summed E-state index contributed by atoms with van der Waals surface area (Å²) < 4.78 is 5.66. The number of aromatic amines is 2. The van der Waals surface area contributed by atoms with Crippen LogP contribution in [0.1, 0.15) is 118 Å². The number of hydrogen-bond donors (Lipinski definition) is 2. The minimum absolute atomic E-state index is 0.0103. The Bertz CT molecular complexity index is 1900. The van der Waals surface area contributed by atoms with E-state index in [0.717, 1.165) is 81.7 Å². The smallest absolute Gasteiger partial charge is 0.335 e. The lowest BCUT2D eigenvalue weighted by molar-refractivity contribution is -0.139. The third kappa shape index (κ3) is 4.09. The molecule has 3 aliphatic rings. The van der Waals surface area contributed by atoms with Gasteiger partial charge in [0, 0.05) is 39.2 Å². The minimum atomic E-state index is -0.563. The summed E-state index contributed by atoms with van der Waals surface area (Å²) >= 11 is 0. The molecular formula is C37H44N4O2. The molecule has 0 saturated carbocycles. The van der Waals surface area contributed by atoms with Crippen molar-refractivity contribution in [2.75, 3.05) is 6.61 Å². The fourth-order valence-electron chi connectivity index (χ4n) is 7.91. The van der Waals surface area contributed by atoms with E-state index in [1.807, 2.05) is 13.0 Å². The van der Waals surface area contributed by atoms with Gasteiger partial charge >= 0.3 is 5.97 Å². The molecule has 5 heterocycles. The number of carbonyl (C=O) groups is 1. The summed E-state index contributed by atoms with van der Waals surface area (Å²) in [5, 5.41) is 0. The minimum Gasteiger partial charge on any atom is -0.463 e. The van der Waals surface area contributed by atoms with Gasteiger partial charge in [-0.3, -0.25) is 4.98 Å². The number of allylic oxidation sites excluding steroid dienone is 2. The average molecular weight is 577 g/mol. The summed E-state index contributed by atoms with van der Waals surface area (Å²) in [6.45, 7) is 19.8. The number of nitrogens with zero attached hydrogens (tertiary/aromatic N) is 2. The number of ether oxygens (including phenoxy) is 1. The molecule has 2 atom stereocenters. The van der Waals surface area contributed by atoms with E-state index >= 15 is 0 Å². The van der Waals surface area contributed by atoms with Crippen LogP contribution in [0.2, 0.25) is 0 Å². The number of aryl methyl sites for hydroxylation is 4. The van der Waals surface area contributed by atoms with E-state index < -0.39 is 5.41 Å². The molecular weight excluding hydrogens is 532 g/mol. The molecule has 3 aromatic heterocycles. The van der Waals surface area contributed by atoms with Gasteiger partial charge in [-0.15, -0.1) is 0 Å². The quantitative estimate of drug-likeness (QED) is 0.287. The molecule has 0 fully saturated rings. The second-order valence-electron chi connectivity index (χ2n) is 12.2. The maximum atomic E-state index is 13.6. The van der Waals surface area contributed by atoms with E-state index in [4.69, 9.17) is 14.7 Å². The van der Waals surface area contributed by atoms with Crippen molar-refractivity contribution in [3.05, 3.63) is 74.4 Å². The Balaban J connectivity index is 1.84. The van der Waals surface area contributed by atoms with Crippen molar-refractivity contribution >= 4 is 45.3 Å². The SMILES string of the molecule is CCOC(=O)C1=Cc2c3nc(cc4[nH]c(cc5[nH]c(cc6nc2C1(CC)[C@H]6C)c(CC)c5C)c(CC)c4C)C(CC)=C3C. The van der Waals surface area contributed by atoms with E-state index in [1.54, 1.807) is 0 Å². The maximum absolute atomic E-state index is 13.6. The van der Waals surface area contributed by atoms with Gasteiger partial charge in [0.05, 0.1) is 34.7 Å². The lowest BCUT2D eigenvalue weighted by atomic mass is 9.69. The van der Waals surface area contributed by atoms with Crippen LogP contribution < -0.4 is 0 Å². The van der Waals surface area contributed by atoms with E-state index in [2.05, 4.69) is 83.6 Å². The Hall–Kier alpha value is -3.93. The lowest BCUT2D eigenvalue weighted by Crippen LogP contribution is -2.33. The first-order chi connectivity index (χ1) is 20.6. The Morgan fingerprint density at radius 3 is 2.07 bits per heavy atom. The Morgan fingerprint density at radius 2 is 1.49 bits per heavy atom. The standard InChI is InChI=1S/C37H44N4O2/c1-10-23-19(6)29-17-33-25(12-3)21(8)34(40-33)26-15-27(36(42)43-14-5)37(13-4)22(9)30(41-35(26)37)18-32-24(11-2)20(7)28(39-32)16-31(23)38-29/h15-18,22,38-39H,10-14H2,1-9H3/t22-,37?/m0/s1. The van der Waals surface area contributed by atoms with Crippen molar-refractivity contribution < 1.29 is 9.53 Å². The largest absolute Gasteiger partial charge is 0.463 e. The van der Waals surface area contributed by atoms with Gasteiger partial charge in [-0.2, -0.15) is 0 Å². The van der Waals surface area contributed by atoms with Crippen LogP contribution in [0, 0.1) is 13.8 Å². The Morgan fingerprint density at radius 1 is 0.860 bits per heavy atom. The van der Waals surface area contributed by atoms with Crippen LogP contribution in [-0.2, 0) is 27.8 Å². The second kappa shape index (κ2) is 10.7. The molecule has 2 N–H and O–H groups in total. The van der Waals surface area contributed by atoms with E-state index in [-0.39, 0.29) is 11.9 Å². The van der Waals surface area contributed by atoms with Crippen molar-refractivity contribution in [1.82, 2.24) is 19.9 Å². The molecule has 8 bridgehead atoms. The van der Waals surface area contributed by atoms with Crippen molar-refractivity contribution in [3.63, 3.8) is 0 Å². The summed E-state index contributed by atoms with van der Waals surface area (Å²) in [6.07, 6.45) is 5.48. The van der Waals surface area contributed by atoms with E-state index in [1.165, 1.54) is 27.8 Å². The molecule has 6 rings (SSSR count). The molecule has 1 unspecified atom stereocenters. The van der Waals surface area contributed by atoms with Crippen LogP contribution in [0.25, 0.3) is 39.3 Å². The van der Waals surface area contributed by atoms with Crippen molar-refractivity contribution in [1.29, 1.82) is 0 Å². The molecule has 0 radical (unpaired) electrons. The lowest BCUT2D eigenvalue weighted by Gasteiger charge is -2.31. The van der Waals surface area contributed by atoms with E-state index in [9.17, 15) is 4.79 Å². The van der Waals surface area contributed by atoms with Crippen LogP contribution in [0.5, 0.6) is 0 Å². The summed E-state index contributed by atoms with van der Waals surface area (Å²) in [5.41, 5.74) is 16.8. The molecule has 224 valence electrons. The summed E-state index contributed by atoms with van der Waals surface area (Å²) in [6, 6.07) is 6.69. The Labute approximate surface area is 254 Å². The molecule has 6 nitrogen and oxygen atoms in total. The zero-order valence-electron chi connectivity index (χ0n) is 27.1. The fourth-order valence-corrected chi connectivity index (χ4v) is 7.91. The number of esters is 1. The van der Waals surface area contributed by atoms with E-state index in [0.29, 0.717) is 12.2 Å². The summed E-state index contributed by atoms with van der Waals surface area (Å²) in [5.74, 6) is -0.270. The second-order valence-corrected chi connectivity index (χ2v) is 12.2. The molecule has 6 heteroatoms. The molecule has 43 heavy (non-hydrogen) atoms. The van der Waals surface area contributed by atoms with Gasteiger partial charge in [0.25, 0.3) is 0 Å². The molecule has 1 aliphatic carbocycles. The number of hydrogen-bond acceptors (Lipinski definition) is 4. The first-order valence-corrected chi connectivity index (χ1v) is 16.0. The zero-order chi connectivity index (χ0) is 30.8. The maximum Gasteiger partial charge on any atom is 0.335 e. The highest BCUT2D eigenvalue weighted by Gasteiger charge is 2.53. The first kappa shape index (κ1) is 29.2. The van der Waals surface area contributed by atoms with Gasteiger partial charge in [0.15, 0.2) is 0 Å². The van der Waals surface area contributed by atoms with Gasteiger partial charge < -0.3 is 14.7 Å². The van der Waals surface area contributed by atoms with Crippen LogP contribution in [0.3, 0.4) is 0 Å². The molecule has 0 aromatic carbocycles. The third-order valence-electron chi connectivity index (χ3n) is 10.4. The van der Waals surface area contributed by atoms with Crippen LogP contribution in [0.4, 0.5) is 0 Å². The predicted molar refractivity (Wildman–Crippen MR) is 177 cm³/mol. The fraction of sp³-hybridized carbons (Fsp3) is 0.432. The van der Waals surface area contributed by atoms with Gasteiger partial charge in [-0.1, -0.05) is 34.6 Å². The number of aromatic nitrogens is 4. The average Bonchev–Trinajstić information content (AvgIpc) is 3.72. The van der Waals surface area contributed by atoms with Crippen LogP contribution in [-0.4, -0.2) is 32.5 Å². The van der Waals surface area contributed by atoms with Gasteiger partial charge in [-0.05, 0) is 111 Å². The number of H-pyrrole nitrogens is 2. The van der Waals surface area contributed by atoms with Crippen molar-refractivity contribution in [2.24, 2.45) is 0 Å². The molecule has 0 saturated heterocycles. The van der Waals surface area contributed by atoms with Gasteiger partial charge in [-0.25, -0.2) is 9.78 Å². The highest BCUT2D eigenvalue weighted by Crippen LogP contribution is 2.56. The number of rotatable bonds is 6. The van der Waals surface area contributed by atoms with Gasteiger partial charge in [0.1, 0.15) is 0 Å². The third-order valence-corrected chi connectivity index (χ3v) is 10.4. The highest BCUT2D eigenvalue weighted by molar-refractivity contribution is 6.03. The first-order valence-electron chi connectivity index (χ1n) is 16.0.